The van der Waals surface area contributed by atoms with E-state index < -0.39 is 39.5 Å². The number of nitrogens with one attached hydrogen (secondary N) is 1. The Morgan fingerprint density at radius 2 is 1.55 bits per heavy atom. The summed E-state index contributed by atoms with van der Waals surface area (Å²) in [6.07, 6.45) is 1.36. The lowest BCUT2D eigenvalue weighted by molar-refractivity contribution is -0.134. The molecule has 0 aliphatic carbocycles. The number of hydrogen-bond donors (Lipinski definition) is 1. The van der Waals surface area contributed by atoms with E-state index in [0.717, 1.165) is 5.41 Å². The lowest BCUT2D eigenvalue weighted by Gasteiger charge is -2.31. The quantitative estimate of drug-likeness (QED) is 0.622. The molecule has 1 atom stereocenters. The maximum atomic E-state index is 13.3. The van der Waals surface area contributed by atoms with Gasteiger partial charge in [0.1, 0.15) is 11.7 Å². The predicted molar refractivity (Wildman–Crippen MR) is 120 cm³/mol. The van der Waals surface area contributed by atoms with Gasteiger partial charge in [-0.25, -0.2) is 17.5 Å². The summed E-state index contributed by atoms with van der Waals surface area (Å²) in [7, 11) is -4.11. The molecule has 0 aliphatic heterocycles. The van der Waals surface area contributed by atoms with Crippen LogP contribution in [0.5, 0.6) is 0 Å². The second kappa shape index (κ2) is 10.3. The van der Waals surface area contributed by atoms with E-state index in [0.29, 0.717) is 11.3 Å². The summed E-state index contributed by atoms with van der Waals surface area (Å²) in [5, 5.41) is 0.891. The summed E-state index contributed by atoms with van der Waals surface area (Å²) in [4.78, 5) is 27.5. The number of rotatable bonds is 8. The first kappa shape index (κ1) is 24.3. The van der Waals surface area contributed by atoms with Crippen molar-refractivity contribution in [1.29, 1.82) is 0 Å². The van der Waals surface area contributed by atoms with Gasteiger partial charge in [0.2, 0.25) is 11.8 Å². The Labute approximate surface area is 182 Å². The second-order valence-electron chi connectivity index (χ2n) is 7.72. The first-order chi connectivity index (χ1) is 14.5. The van der Waals surface area contributed by atoms with Crippen LogP contribution in [0.15, 0.2) is 60.0 Å². The molecule has 0 fully saturated rings. The zero-order chi connectivity index (χ0) is 23.2. The Bertz CT molecular complexity index is 1030. The molecule has 8 heteroatoms. The number of carbonyl (C=O) groups excluding carboxylic acids is 2. The summed E-state index contributed by atoms with van der Waals surface area (Å²) in [6, 6.07) is 13.8. The van der Waals surface area contributed by atoms with Gasteiger partial charge in [-0.3, -0.25) is 9.59 Å². The van der Waals surface area contributed by atoms with Gasteiger partial charge in [0.15, 0.2) is 0 Å². The molecule has 6 nitrogen and oxygen atoms in total. The molecule has 166 valence electrons. The van der Waals surface area contributed by atoms with Gasteiger partial charge in [-0.05, 0) is 55.7 Å². The maximum absolute atomic E-state index is 13.3. The molecule has 0 heterocycles. The molecule has 0 aliphatic rings. The molecule has 2 aromatic carbocycles. The van der Waals surface area contributed by atoms with Crippen LogP contribution < -0.4 is 9.62 Å². The van der Waals surface area contributed by atoms with E-state index >= 15 is 0 Å². The van der Waals surface area contributed by atoms with Gasteiger partial charge >= 0.3 is 0 Å². The van der Waals surface area contributed by atoms with E-state index in [1.54, 1.807) is 58.0 Å². The highest BCUT2D eigenvalue weighted by Crippen LogP contribution is 2.24. The average molecular weight is 447 g/mol. The smallest absolute Gasteiger partial charge is 0.257 e. The molecule has 0 radical (unpaired) electrons. The average Bonchev–Trinajstić information content (AvgIpc) is 2.68. The number of sulfonamides is 1. The second-order valence-corrected chi connectivity index (χ2v) is 9.29. The molecule has 0 aromatic heterocycles. The van der Waals surface area contributed by atoms with Crippen molar-refractivity contribution in [3.05, 3.63) is 71.4 Å². The van der Waals surface area contributed by atoms with Crippen LogP contribution in [0.4, 0.5) is 10.1 Å². The van der Waals surface area contributed by atoms with E-state index in [9.17, 15) is 22.4 Å². The van der Waals surface area contributed by atoms with Gasteiger partial charge in [-0.1, -0.05) is 44.2 Å². The molecular formula is C23H27FN2O4S. The minimum atomic E-state index is -4.11. The monoisotopic (exact) mass is 446 g/mol. The third-order valence-corrected chi connectivity index (χ3v) is 5.54. The third-order valence-electron chi connectivity index (χ3n) is 4.56. The number of hydrogen-bond acceptors (Lipinski definition) is 4. The highest BCUT2D eigenvalue weighted by atomic mass is 32.2. The van der Waals surface area contributed by atoms with E-state index in [-0.39, 0.29) is 6.04 Å². The van der Waals surface area contributed by atoms with E-state index in [1.807, 2.05) is 4.72 Å². The maximum Gasteiger partial charge on any atom is 0.257 e. The number of benzene rings is 2. The van der Waals surface area contributed by atoms with Crippen LogP contribution in [0, 0.1) is 17.7 Å². The molecule has 2 aromatic rings. The fourth-order valence-corrected chi connectivity index (χ4v) is 3.91. The van der Waals surface area contributed by atoms with Gasteiger partial charge in [0.05, 0.1) is 5.41 Å². The molecule has 1 unspecified atom stereocenters. The van der Waals surface area contributed by atoms with Crippen LogP contribution in [0.25, 0.3) is 6.08 Å². The molecule has 0 spiro atoms. The van der Waals surface area contributed by atoms with Crippen LogP contribution in [0.2, 0.25) is 0 Å². The number of carbonyl (C=O) groups is 2. The number of halogens is 1. The Morgan fingerprint density at radius 3 is 2.06 bits per heavy atom. The van der Waals surface area contributed by atoms with Crippen LogP contribution in [0.1, 0.15) is 33.3 Å². The van der Waals surface area contributed by atoms with Crippen LogP contribution in [0.3, 0.4) is 0 Å². The van der Waals surface area contributed by atoms with Crippen molar-refractivity contribution in [3.8, 4) is 0 Å². The van der Waals surface area contributed by atoms with E-state index in [1.165, 1.54) is 35.2 Å². The number of anilines is 1. The van der Waals surface area contributed by atoms with Crippen molar-refractivity contribution < 1.29 is 22.4 Å². The predicted octanol–water partition coefficient (Wildman–Crippen LogP) is 3.96. The van der Waals surface area contributed by atoms with Gasteiger partial charge < -0.3 is 4.90 Å². The van der Waals surface area contributed by atoms with Crippen molar-refractivity contribution in [2.24, 2.45) is 11.8 Å². The molecule has 1 N–H and O–H groups in total. The first-order valence-electron chi connectivity index (χ1n) is 9.90. The highest BCUT2D eigenvalue weighted by Gasteiger charge is 2.36. The molecule has 0 bridgehead atoms. The first-order valence-corrected chi connectivity index (χ1v) is 11.4. The molecule has 0 saturated carbocycles. The third kappa shape index (κ3) is 6.75. The Hall–Kier alpha value is -3.00. The number of nitrogens with zero attached hydrogens (tertiary/aromatic N) is 1. The lowest BCUT2D eigenvalue weighted by atomic mass is 9.93. The molecule has 31 heavy (non-hydrogen) atoms. The van der Waals surface area contributed by atoms with Gasteiger partial charge in [0.25, 0.3) is 10.0 Å². The van der Waals surface area contributed by atoms with Gasteiger partial charge in [-0.2, -0.15) is 0 Å². The summed E-state index contributed by atoms with van der Waals surface area (Å²) in [6.45, 7) is 6.85. The normalized spacial score (nSPS) is 12.9. The molecule has 0 saturated heterocycles. The van der Waals surface area contributed by atoms with Gasteiger partial charge in [0, 0.05) is 11.7 Å². The van der Waals surface area contributed by atoms with Crippen molar-refractivity contribution in [3.63, 3.8) is 0 Å². The largest absolute Gasteiger partial charge is 0.309 e. The minimum Gasteiger partial charge on any atom is -0.309 e. The minimum absolute atomic E-state index is 0.332. The van der Waals surface area contributed by atoms with E-state index in [2.05, 4.69) is 0 Å². The topological polar surface area (TPSA) is 83.5 Å². The summed E-state index contributed by atoms with van der Waals surface area (Å²) >= 11 is 0. The fraction of sp³-hybridized carbons (Fsp3) is 0.304. The summed E-state index contributed by atoms with van der Waals surface area (Å²) < 4.78 is 40.1. The molecular weight excluding hydrogens is 419 g/mol. The molecule has 2 rings (SSSR count). The zero-order valence-corrected chi connectivity index (χ0v) is 18.8. The standard InChI is InChI=1S/C23H27FN2O4S/c1-16(2)21(23(28)26(17(3)4)20-12-10-19(24)11-13-20)22(27)25-31(29,30)15-14-18-8-6-5-7-9-18/h5-17,21H,1-4H3,(H,25,27)/b15-14+. The van der Waals surface area contributed by atoms with Gasteiger partial charge in [-0.15, -0.1) is 0 Å². The lowest BCUT2D eigenvalue weighted by Crippen LogP contribution is -2.49. The van der Waals surface area contributed by atoms with Crippen LogP contribution in [-0.4, -0.2) is 26.3 Å². The molecule has 2 amide bonds. The highest BCUT2D eigenvalue weighted by molar-refractivity contribution is 7.93. The van der Waals surface area contributed by atoms with Crippen LogP contribution in [-0.2, 0) is 19.6 Å². The number of amides is 2. The summed E-state index contributed by atoms with van der Waals surface area (Å²) in [5.74, 6) is -3.63. The van der Waals surface area contributed by atoms with Crippen LogP contribution >= 0.6 is 0 Å². The van der Waals surface area contributed by atoms with E-state index in [4.69, 9.17) is 0 Å². The Morgan fingerprint density at radius 1 is 0.968 bits per heavy atom. The zero-order valence-electron chi connectivity index (χ0n) is 17.9. The SMILES string of the molecule is CC(C)C(C(=O)NS(=O)(=O)/C=C/c1ccccc1)C(=O)N(c1ccc(F)cc1)C(C)C. The summed E-state index contributed by atoms with van der Waals surface area (Å²) in [5.41, 5.74) is 1.07. The fourth-order valence-electron chi connectivity index (χ4n) is 3.10. The Kier molecular flexibility index (Phi) is 8.10. The van der Waals surface area contributed by atoms with Crippen molar-refractivity contribution in [2.45, 2.75) is 33.7 Å². The van der Waals surface area contributed by atoms with Crippen molar-refractivity contribution >= 4 is 33.6 Å². The van der Waals surface area contributed by atoms with Crippen molar-refractivity contribution in [1.82, 2.24) is 4.72 Å². The Balaban J connectivity index is 2.26. The van der Waals surface area contributed by atoms with Crippen molar-refractivity contribution in [2.75, 3.05) is 4.90 Å².